The van der Waals surface area contributed by atoms with Crippen LogP contribution in [0.2, 0.25) is 0 Å². The highest BCUT2D eigenvalue weighted by molar-refractivity contribution is 7.86. The minimum absolute atomic E-state index is 0.0878. The molecule has 38 heavy (non-hydrogen) atoms. The molecule has 0 spiro atoms. The highest BCUT2D eigenvalue weighted by Gasteiger charge is 2.52. The average Bonchev–Trinajstić information content (AvgIpc) is 2.93. The lowest BCUT2D eigenvalue weighted by Gasteiger charge is -2.43. The fourth-order valence-electron chi connectivity index (χ4n) is 3.99. The quantitative estimate of drug-likeness (QED) is 0.310. The van der Waals surface area contributed by atoms with E-state index in [9.17, 15) is 18.0 Å². The van der Waals surface area contributed by atoms with Crippen LogP contribution in [0.4, 0.5) is 0 Å². The maximum Gasteiger partial charge on any atom is 0.338 e. The summed E-state index contributed by atoms with van der Waals surface area (Å²) in [5, 5.41) is 0. The van der Waals surface area contributed by atoms with E-state index in [2.05, 4.69) is 0 Å². The molecule has 1 fully saturated rings. The Balaban J connectivity index is 1.70. The van der Waals surface area contributed by atoms with Gasteiger partial charge in [-0.1, -0.05) is 54.1 Å². The highest BCUT2D eigenvalue weighted by Crippen LogP contribution is 2.32. The maximum absolute atomic E-state index is 13.2. The van der Waals surface area contributed by atoms with Crippen molar-refractivity contribution >= 4 is 22.1 Å². The summed E-state index contributed by atoms with van der Waals surface area (Å²) in [6.45, 7) is 3.38. The lowest BCUT2D eigenvalue weighted by Crippen LogP contribution is -2.61. The number of carbonyl (C=O) groups is 2. The van der Waals surface area contributed by atoms with Crippen molar-refractivity contribution in [2.24, 2.45) is 0 Å². The summed E-state index contributed by atoms with van der Waals surface area (Å²) in [7, 11) is -2.99. The Morgan fingerprint density at radius 3 is 1.74 bits per heavy atom. The highest BCUT2D eigenvalue weighted by atomic mass is 32.2. The second-order valence-electron chi connectivity index (χ2n) is 8.75. The van der Waals surface area contributed by atoms with E-state index in [1.54, 1.807) is 79.7 Å². The molecule has 0 radical (unpaired) electrons. The lowest BCUT2D eigenvalue weighted by atomic mass is 9.99. The third-order valence-corrected chi connectivity index (χ3v) is 7.34. The Kier molecular flexibility index (Phi) is 8.58. The summed E-state index contributed by atoms with van der Waals surface area (Å²) >= 11 is 0. The third kappa shape index (κ3) is 6.28. The van der Waals surface area contributed by atoms with Crippen LogP contribution in [0.5, 0.6) is 0 Å². The zero-order valence-electron chi connectivity index (χ0n) is 21.1. The van der Waals surface area contributed by atoms with Gasteiger partial charge < -0.3 is 18.9 Å². The van der Waals surface area contributed by atoms with Gasteiger partial charge in [-0.3, -0.25) is 4.18 Å². The van der Waals surface area contributed by atoms with Crippen molar-refractivity contribution in [1.29, 1.82) is 0 Å². The van der Waals surface area contributed by atoms with E-state index in [-0.39, 0.29) is 16.0 Å². The monoisotopic (exact) mass is 540 g/mol. The predicted molar refractivity (Wildman–Crippen MR) is 136 cm³/mol. The number of rotatable bonds is 8. The number of carbonyl (C=O) groups excluding carboxylic acids is 2. The molecule has 5 atom stereocenters. The molecule has 4 rings (SSSR count). The molecule has 10 heteroatoms. The topological polar surface area (TPSA) is 114 Å². The number of esters is 2. The van der Waals surface area contributed by atoms with E-state index in [0.29, 0.717) is 0 Å². The van der Waals surface area contributed by atoms with Gasteiger partial charge in [0.25, 0.3) is 10.1 Å². The molecule has 0 amide bonds. The largest absolute Gasteiger partial charge is 0.452 e. The molecule has 3 aromatic rings. The number of methoxy groups -OCH3 is 1. The molecule has 0 saturated carbocycles. The lowest BCUT2D eigenvalue weighted by molar-refractivity contribution is -0.279. The normalized spacial score (nSPS) is 23.4. The Labute approximate surface area is 221 Å². The first-order chi connectivity index (χ1) is 18.2. The van der Waals surface area contributed by atoms with Gasteiger partial charge in [-0.25, -0.2) is 9.59 Å². The molecule has 0 N–H and O–H groups in total. The fourth-order valence-corrected chi connectivity index (χ4v) is 5.13. The first kappa shape index (κ1) is 27.5. The van der Waals surface area contributed by atoms with Crippen molar-refractivity contribution < 1.29 is 41.1 Å². The molecule has 0 aromatic heterocycles. The van der Waals surface area contributed by atoms with Crippen LogP contribution >= 0.6 is 0 Å². The summed E-state index contributed by atoms with van der Waals surface area (Å²) in [6.07, 6.45) is -6.22. The molecular weight excluding hydrogens is 512 g/mol. The van der Waals surface area contributed by atoms with Crippen LogP contribution in [0.1, 0.15) is 33.2 Å². The number of hydrogen-bond donors (Lipinski definition) is 0. The van der Waals surface area contributed by atoms with Gasteiger partial charge in [0.2, 0.25) is 0 Å². The summed E-state index contributed by atoms with van der Waals surface area (Å²) in [5.41, 5.74) is 1.32. The van der Waals surface area contributed by atoms with Crippen LogP contribution in [0, 0.1) is 6.92 Å². The van der Waals surface area contributed by atoms with Gasteiger partial charge in [0.1, 0.15) is 6.10 Å². The molecular formula is C28H28O9S. The van der Waals surface area contributed by atoms with Crippen molar-refractivity contribution in [2.75, 3.05) is 7.11 Å². The molecule has 3 aromatic carbocycles. The Hall–Kier alpha value is -3.57. The minimum atomic E-state index is -4.32. The molecule has 2 unspecified atom stereocenters. The number of benzene rings is 3. The fraction of sp³-hybridized carbons (Fsp3) is 0.286. The predicted octanol–water partition coefficient (Wildman–Crippen LogP) is 3.91. The van der Waals surface area contributed by atoms with Crippen molar-refractivity contribution in [3.63, 3.8) is 0 Å². The van der Waals surface area contributed by atoms with E-state index in [0.717, 1.165) is 5.56 Å². The molecule has 9 nitrogen and oxygen atoms in total. The summed E-state index contributed by atoms with van der Waals surface area (Å²) in [4.78, 5) is 26.0. The van der Waals surface area contributed by atoms with Gasteiger partial charge in [0, 0.05) is 7.11 Å². The van der Waals surface area contributed by atoms with Crippen LogP contribution in [-0.2, 0) is 33.2 Å². The Morgan fingerprint density at radius 1 is 0.737 bits per heavy atom. The number of ether oxygens (including phenoxy) is 4. The second kappa shape index (κ2) is 11.9. The van der Waals surface area contributed by atoms with Crippen molar-refractivity contribution in [3.05, 3.63) is 102 Å². The summed E-state index contributed by atoms with van der Waals surface area (Å²) < 4.78 is 54.7. The molecule has 1 heterocycles. The van der Waals surface area contributed by atoms with Crippen LogP contribution in [0.3, 0.4) is 0 Å². The second-order valence-corrected chi connectivity index (χ2v) is 10.3. The number of aryl methyl sites for hydroxylation is 1. The first-order valence-electron chi connectivity index (χ1n) is 11.9. The zero-order valence-corrected chi connectivity index (χ0v) is 21.9. The minimum Gasteiger partial charge on any atom is -0.452 e. The Bertz CT molecular complexity index is 1340. The van der Waals surface area contributed by atoms with E-state index in [1.165, 1.54) is 19.2 Å². The van der Waals surface area contributed by atoms with E-state index < -0.39 is 52.8 Å². The summed E-state index contributed by atoms with van der Waals surface area (Å²) in [5.74, 6) is -1.50. The van der Waals surface area contributed by atoms with E-state index in [1.807, 2.05) is 6.92 Å². The van der Waals surface area contributed by atoms with Gasteiger partial charge in [0.15, 0.2) is 18.5 Å². The standard InChI is InChI=1S/C28H28O9S/c1-18-14-16-22(17-15-18)38(31,32)37-23-19(2)34-28(33-3)25(36-27(30)21-12-8-5-9-13-21)24(23)35-26(29)20-10-6-4-7-11-20/h4-17,19,23-25,28H,1-3H3/t19?,23-,24+,25-,28?/m1/s1. The van der Waals surface area contributed by atoms with Crippen LogP contribution in [-0.4, -0.2) is 58.2 Å². The molecule has 0 aliphatic carbocycles. The first-order valence-corrected chi connectivity index (χ1v) is 13.3. The van der Waals surface area contributed by atoms with Gasteiger partial charge >= 0.3 is 11.9 Å². The maximum atomic E-state index is 13.2. The molecule has 1 aliphatic rings. The number of hydrogen-bond acceptors (Lipinski definition) is 9. The smallest absolute Gasteiger partial charge is 0.338 e. The van der Waals surface area contributed by atoms with E-state index in [4.69, 9.17) is 23.1 Å². The van der Waals surface area contributed by atoms with Gasteiger partial charge in [-0.15, -0.1) is 0 Å². The van der Waals surface area contributed by atoms with Crippen molar-refractivity contribution in [1.82, 2.24) is 0 Å². The SMILES string of the molecule is COC1OC(C)[C@@H](OS(=O)(=O)c2ccc(C)cc2)[C@H](OC(=O)c2ccccc2)[C@H]1OC(=O)c1ccccc1. The van der Waals surface area contributed by atoms with Gasteiger partial charge in [0.05, 0.1) is 22.1 Å². The Morgan fingerprint density at radius 2 is 1.24 bits per heavy atom. The van der Waals surface area contributed by atoms with Crippen molar-refractivity contribution in [3.8, 4) is 0 Å². The average molecular weight is 541 g/mol. The van der Waals surface area contributed by atoms with Gasteiger partial charge in [-0.2, -0.15) is 8.42 Å². The van der Waals surface area contributed by atoms with E-state index >= 15 is 0 Å². The van der Waals surface area contributed by atoms with Crippen LogP contribution in [0.15, 0.2) is 89.8 Å². The van der Waals surface area contributed by atoms with Crippen LogP contribution < -0.4 is 0 Å². The third-order valence-electron chi connectivity index (χ3n) is 6.01. The van der Waals surface area contributed by atoms with Gasteiger partial charge in [-0.05, 0) is 50.2 Å². The van der Waals surface area contributed by atoms with Crippen LogP contribution in [0.25, 0.3) is 0 Å². The molecule has 1 saturated heterocycles. The zero-order chi connectivity index (χ0) is 27.3. The van der Waals surface area contributed by atoms with Crippen molar-refractivity contribution in [2.45, 2.75) is 49.4 Å². The molecule has 1 aliphatic heterocycles. The molecule has 200 valence electrons. The molecule has 0 bridgehead atoms. The summed E-state index contributed by atoms with van der Waals surface area (Å²) in [6, 6.07) is 22.4.